The van der Waals surface area contributed by atoms with Crippen LogP contribution in [0.25, 0.3) is 0 Å². The molecule has 1 fully saturated rings. The monoisotopic (exact) mass is 395 g/mol. The topological polar surface area (TPSA) is 84.7 Å². The molecule has 1 aliphatic rings. The molecule has 29 heavy (non-hydrogen) atoms. The second-order valence-electron chi connectivity index (χ2n) is 7.44. The maximum atomic E-state index is 12.7. The van der Waals surface area contributed by atoms with Crippen LogP contribution in [0.2, 0.25) is 0 Å². The van der Waals surface area contributed by atoms with Gasteiger partial charge < -0.3 is 20.7 Å². The molecule has 0 unspecified atom stereocenters. The molecule has 0 aliphatic carbocycles. The summed E-state index contributed by atoms with van der Waals surface area (Å²) < 4.78 is 5.77. The number of ether oxygens (including phenoxy) is 1. The number of amides is 2. The molecule has 154 valence electrons. The molecule has 0 aromatic heterocycles. The van der Waals surface area contributed by atoms with Crippen molar-refractivity contribution in [1.82, 2.24) is 10.2 Å². The standard InChI is InChI=1S/C23H29N3O3/c1-2-12-26-13-10-19(11-14-26)25-23(28)18-7-5-6-17(15-18)16-29-21-9-4-3-8-20(21)22(24)27/h3-9,15,19H,2,10-14,16H2,1H3,(H2,24,27)(H,25,28). The minimum absolute atomic E-state index is 0.0571. The van der Waals surface area contributed by atoms with E-state index in [0.717, 1.165) is 44.5 Å². The van der Waals surface area contributed by atoms with E-state index < -0.39 is 5.91 Å². The van der Waals surface area contributed by atoms with Crippen LogP contribution in [0.1, 0.15) is 52.5 Å². The van der Waals surface area contributed by atoms with Gasteiger partial charge >= 0.3 is 0 Å². The van der Waals surface area contributed by atoms with Gasteiger partial charge in [0.1, 0.15) is 12.4 Å². The number of hydrogen-bond acceptors (Lipinski definition) is 4. The lowest BCUT2D eigenvalue weighted by Crippen LogP contribution is -2.44. The lowest BCUT2D eigenvalue weighted by atomic mass is 10.0. The smallest absolute Gasteiger partial charge is 0.252 e. The van der Waals surface area contributed by atoms with Gasteiger partial charge in [0.15, 0.2) is 0 Å². The first-order chi connectivity index (χ1) is 14.1. The highest BCUT2D eigenvalue weighted by atomic mass is 16.5. The zero-order valence-corrected chi connectivity index (χ0v) is 16.9. The fourth-order valence-corrected chi connectivity index (χ4v) is 3.65. The van der Waals surface area contributed by atoms with E-state index in [2.05, 4.69) is 17.1 Å². The molecule has 2 aromatic rings. The Labute approximate surface area is 172 Å². The summed E-state index contributed by atoms with van der Waals surface area (Å²) >= 11 is 0. The quantitative estimate of drug-likeness (QED) is 0.720. The molecule has 0 radical (unpaired) electrons. The van der Waals surface area contributed by atoms with Crippen molar-refractivity contribution in [1.29, 1.82) is 0 Å². The zero-order chi connectivity index (χ0) is 20.6. The number of benzene rings is 2. The molecule has 3 rings (SSSR count). The van der Waals surface area contributed by atoms with Crippen LogP contribution in [0.15, 0.2) is 48.5 Å². The average Bonchev–Trinajstić information content (AvgIpc) is 2.74. The number of carbonyl (C=O) groups is 2. The summed E-state index contributed by atoms with van der Waals surface area (Å²) in [6.45, 7) is 5.64. The highest BCUT2D eigenvalue weighted by molar-refractivity contribution is 5.95. The molecule has 6 nitrogen and oxygen atoms in total. The van der Waals surface area contributed by atoms with Crippen LogP contribution in [-0.2, 0) is 6.61 Å². The molecule has 0 atom stereocenters. The molecule has 0 bridgehead atoms. The van der Waals surface area contributed by atoms with Gasteiger partial charge in [-0.2, -0.15) is 0 Å². The highest BCUT2D eigenvalue weighted by Crippen LogP contribution is 2.19. The second-order valence-corrected chi connectivity index (χ2v) is 7.44. The largest absolute Gasteiger partial charge is 0.488 e. The van der Waals surface area contributed by atoms with Gasteiger partial charge in [-0.15, -0.1) is 0 Å². The van der Waals surface area contributed by atoms with Crippen molar-refractivity contribution in [3.05, 3.63) is 65.2 Å². The Morgan fingerprint density at radius 1 is 1.14 bits per heavy atom. The van der Waals surface area contributed by atoms with Crippen molar-refractivity contribution in [3.8, 4) is 5.75 Å². The van der Waals surface area contributed by atoms with E-state index in [-0.39, 0.29) is 18.6 Å². The Morgan fingerprint density at radius 3 is 2.62 bits per heavy atom. The number of primary amides is 1. The number of rotatable bonds is 8. The van der Waals surface area contributed by atoms with E-state index >= 15 is 0 Å². The van der Waals surface area contributed by atoms with E-state index in [0.29, 0.717) is 16.9 Å². The Kier molecular flexibility index (Phi) is 7.25. The minimum atomic E-state index is -0.529. The summed E-state index contributed by atoms with van der Waals surface area (Å²) in [5, 5.41) is 3.16. The highest BCUT2D eigenvalue weighted by Gasteiger charge is 2.20. The summed E-state index contributed by atoms with van der Waals surface area (Å²) in [7, 11) is 0. The molecule has 0 saturated carbocycles. The fraction of sp³-hybridized carbons (Fsp3) is 0.391. The molecule has 1 aliphatic heterocycles. The molecular formula is C23H29N3O3. The van der Waals surface area contributed by atoms with E-state index in [1.54, 1.807) is 24.3 Å². The molecule has 3 N–H and O–H groups in total. The van der Waals surface area contributed by atoms with Gasteiger partial charge in [0, 0.05) is 24.7 Å². The lowest BCUT2D eigenvalue weighted by Gasteiger charge is -2.32. The molecule has 2 aromatic carbocycles. The van der Waals surface area contributed by atoms with E-state index in [9.17, 15) is 9.59 Å². The van der Waals surface area contributed by atoms with Crippen molar-refractivity contribution >= 4 is 11.8 Å². The lowest BCUT2D eigenvalue weighted by molar-refractivity contribution is 0.0910. The zero-order valence-electron chi connectivity index (χ0n) is 16.9. The van der Waals surface area contributed by atoms with Crippen LogP contribution < -0.4 is 15.8 Å². The first-order valence-corrected chi connectivity index (χ1v) is 10.2. The van der Waals surface area contributed by atoms with Crippen molar-refractivity contribution < 1.29 is 14.3 Å². The van der Waals surface area contributed by atoms with Crippen molar-refractivity contribution in [2.45, 2.75) is 38.8 Å². The maximum absolute atomic E-state index is 12.7. The average molecular weight is 396 g/mol. The Morgan fingerprint density at radius 2 is 1.90 bits per heavy atom. The molecule has 1 heterocycles. The van der Waals surface area contributed by atoms with Gasteiger partial charge in [0.05, 0.1) is 5.56 Å². The van der Waals surface area contributed by atoms with Gasteiger partial charge in [0.2, 0.25) is 0 Å². The van der Waals surface area contributed by atoms with Crippen LogP contribution in [0.3, 0.4) is 0 Å². The van der Waals surface area contributed by atoms with Crippen molar-refractivity contribution in [2.75, 3.05) is 19.6 Å². The molecule has 6 heteroatoms. The molecule has 1 saturated heterocycles. The van der Waals surface area contributed by atoms with Gasteiger partial charge in [-0.25, -0.2) is 0 Å². The predicted octanol–water partition coefficient (Wildman–Crippen LogP) is 2.97. The Bertz CT molecular complexity index is 845. The number of likely N-dealkylation sites (tertiary alicyclic amines) is 1. The van der Waals surface area contributed by atoms with Crippen molar-refractivity contribution in [2.24, 2.45) is 5.73 Å². The third kappa shape index (κ3) is 5.81. The normalized spacial score (nSPS) is 15.1. The third-order valence-corrected chi connectivity index (χ3v) is 5.20. The maximum Gasteiger partial charge on any atom is 0.252 e. The molecule has 2 amide bonds. The van der Waals surface area contributed by atoms with Crippen molar-refractivity contribution in [3.63, 3.8) is 0 Å². The molecular weight excluding hydrogens is 366 g/mol. The first kappa shape index (κ1) is 20.9. The van der Waals surface area contributed by atoms with Gasteiger partial charge in [-0.3, -0.25) is 9.59 Å². The first-order valence-electron chi connectivity index (χ1n) is 10.2. The minimum Gasteiger partial charge on any atom is -0.488 e. The van der Waals surface area contributed by atoms with Crippen LogP contribution in [0.4, 0.5) is 0 Å². The van der Waals surface area contributed by atoms with E-state index in [1.807, 2.05) is 24.3 Å². The number of piperidine rings is 1. The Hall–Kier alpha value is -2.86. The number of carbonyl (C=O) groups excluding carboxylic acids is 2. The van der Waals surface area contributed by atoms with Crippen LogP contribution >= 0.6 is 0 Å². The summed E-state index contributed by atoms with van der Waals surface area (Å²) in [5.74, 6) is -0.147. The Balaban J connectivity index is 1.57. The van der Waals surface area contributed by atoms with E-state index in [1.165, 1.54) is 0 Å². The van der Waals surface area contributed by atoms with Gasteiger partial charge in [-0.05, 0) is 55.6 Å². The molecule has 0 spiro atoms. The number of nitrogens with two attached hydrogens (primary N) is 1. The van der Waals surface area contributed by atoms with E-state index in [4.69, 9.17) is 10.5 Å². The summed E-state index contributed by atoms with van der Waals surface area (Å²) in [6, 6.07) is 14.5. The summed E-state index contributed by atoms with van der Waals surface area (Å²) in [5.41, 5.74) is 7.20. The number of hydrogen-bond donors (Lipinski definition) is 2. The second kappa shape index (κ2) is 10.1. The van der Waals surface area contributed by atoms with Gasteiger partial charge in [0.25, 0.3) is 11.8 Å². The summed E-state index contributed by atoms with van der Waals surface area (Å²) in [6.07, 6.45) is 3.13. The van der Waals surface area contributed by atoms with Crippen LogP contribution in [0.5, 0.6) is 5.75 Å². The fourth-order valence-electron chi connectivity index (χ4n) is 3.65. The predicted molar refractivity (Wildman–Crippen MR) is 113 cm³/mol. The van der Waals surface area contributed by atoms with Crippen LogP contribution in [0, 0.1) is 0 Å². The van der Waals surface area contributed by atoms with Crippen LogP contribution in [-0.4, -0.2) is 42.4 Å². The number of nitrogens with zero attached hydrogens (tertiary/aromatic N) is 1. The number of nitrogens with one attached hydrogen (secondary N) is 1. The summed E-state index contributed by atoms with van der Waals surface area (Å²) in [4.78, 5) is 26.6. The van der Waals surface area contributed by atoms with Gasteiger partial charge in [-0.1, -0.05) is 31.2 Å². The number of para-hydroxylation sites is 1. The SMILES string of the molecule is CCCN1CCC(NC(=O)c2cccc(COc3ccccc3C(N)=O)c2)CC1. The third-order valence-electron chi connectivity index (χ3n) is 5.20.